The van der Waals surface area contributed by atoms with E-state index in [-0.39, 0.29) is 0 Å². The van der Waals surface area contributed by atoms with Gasteiger partial charge in [-0.2, -0.15) is 0 Å². The Kier molecular flexibility index (Phi) is 6.20. The lowest BCUT2D eigenvalue weighted by atomic mass is 10.1. The smallest absolute Gasteiger partial charge is 0.0363 e. The number of benzene rings is 1. The Morgan fingerprint density at radius 3 is 2.11 bits per heavy atom. The predicted molar refractivity (Wildman–Crippen MR) is 81.1 cm³/mol. The number of hydrogen-bond donors (Lipinski definition) is 1. The van der Waals surface area contributed by atoms with Crippen LogP contribution in [0.2, 0.25) is 0 Å². The molecule has 2 nitrogen and oxygen atoms in total. The molecule has 0 bridgehead atoms. The van der Waals surface area contributed by atoms with Crippen LogP contribution >= 0.6 is 0 Å². The fourth-order valence-electron chi connectivity index (χ4n) is 2.03. The summed E-state index contributed by atoms with van der Waals surface area (Å²) in [6.45, 7) is 12.1. The van der Waals surface area contributed by atoms with Crippen molar-refractivity contribution in [1.82, 2.24) is 5.32 Å². The number of nitrogens with one attached hydrogen (secondary N) is 1. The van der Waals surface area contributed by atoms with E-state index >= 15 is 0 Å². The van der Waals surface area contributed by atoms with E-state index < -0.39 is 0 Å². The molecule has 0 fully saturated rings. The lowest BCUT2D eigenvalue weighted by molar-refractivity contribution is 0.552. The molecule has 0 saturated carbocycles. The molecule has 18 heavy (non-hydrogen) atoms. The average molecular weight is 248 g/mol. The van der Waals surface area contributed by atoms with Gasteiger partial charge in [-0.15, -0.1) is 0 Å². The van der Waals surface area contributed by atoms with Crippen LogP contribution in [0.15, 0.2) is 24.3 Å². The van der Waals surface area contributed by atoms with Crippen molar-refractivity contribution >= 4 is 5.69 Å². The zero-order valence-electron chi connectivity index (χ0n) is 12.5. The van der Waals surface area contributed by atoms with E-state index in [1.165, 1.54) is 11.3 Å². The van der Waals surface area contributed by atoms with Gasteiger partial charge in [0.1, 0.15) is 0 Å². The van der Waals surface area contributed by atoms with Crippen LogP contribution in [0, 0.1) is 11.8 Å². The van der Waals surface area contributed by atoms with Gasteiger partial charge in [0, 0.05) is 25.8 Å². The summed E-state index contributed by atoms with van der Waals surface area (Å²) >= 11 is 0. The van der Waals surface area contributed by atoms with Gasteiger partial charge in [-0.05, 0) is 36.1 Å². The molecule has 0 radical (unpaired) electrons. The first kappa shape index (κ1) is 15.0. The first-order valence-corrected chi connectivity index (χ1v) is 6.99. The molecule has 0 amide bonds. The largest absolute Gasteiger partial charge is 0.374 e. The monoisotopic (exact) mass is 248 g/mol. The maximum atomic E-state index is 3.47. The maximum absolute atomic E-state index is 3.47. The average Bonchev–Trinajstić information content (AvgIpc) is 2.28. The van der Waals surface area contributed by atoms with Gasteiger partial charge < -0.3 is 10.2 Å². The van der Waals surface area contributed by atoms with Gasteiger partial charge in [0.25, 0.3) is 0 Å². The minimum Gasteiger partial charge on any atom is -0.374 e. The summed E-state index contributed by atoms with van der Waals surface area (Å²) in [5.41, 5.74) is 2.66. The van der Waals surface area contributed by atoms with Crippen molar-refractivity contribution in [3.63, 3.8) is 0 Å². The van der Waals surface area contributed by atoms with Gasteiger partial charge in [0.2, 0.25) is 0 Å². The Morgan fingerprint density at radius 1 is 1.00 bits per heavy atom. The first-order valence-electron chi connectivity index (χ1n) is 6.99. The SMILES string of the molecule is CC(C)CNCc1ccc(N(C)CC(C)C)cc1. The highest BCUT2D eigenvalue weighted by Gasteiger charge is 2.03. The summed E-state index contributed by atoms with van der Waals surface area (Å²) in [4.78, 5) is 2.32. The molecule has 1 rings (SSSR count). The second-order valence-electron chi connectivity index (χ2n) is 5.97. The molecule has 1 aromatic carbocycles. The van der Waals surface area contributed by atoms with Crippen molar-refractivity contribution in [2.24, 2.45) is 11.8 Å². The van der Waals surface area contributed by atoms with Crippen LogP contribution in [0.3, 0.4) is 0 Å². The minimum absolute atomic E-state index is 0.697. The van der Waals surface area contributed by atoms with Gasteiger partial charge in [-0.25, -0.2) is 0 Å². The predicted octanol–water partition coefficient (Wildman–Crippen LogP) is 3.52. The minimum atomic E-state index is 0.697. The van der Waals surface area contributed by atoms with E-state index in [2.05, 4.69) is 69.2 Å². The quantitative estimate of drug-likeness (QED) is 0.794. The Bertz CT molecular complexity index is 327. The van der Waals surface area contributed by atoms with Crippen molar-refractivity contribution in [2.75, 3.05) is 25.0 Å². The van der Waals surface area contributed by atoms with Crippen LogP contribution in [0.25, 0.3) is 0 Å². The number of rotatable bonds is 7. The van der Waals surface area contributed by atoms with Gasteiger partial charge in [-0.1, -0.05) is 39.8 Å². The Morgan fingerprint density at radius 2 is 1.61 bits per heavy atom. The van der Waals surface area contributed by atoms with Crippen molar-refractivity contribution < 1.29 is 0 Å². The van der Waals surface area contributed by atoms with Crippen molar-refractivity contribution in [3.8, 4) is 0 Å². The molecule has 0 unspecified atom stereocenters. The van der Waals surface area contributed by atoms with Crippen LogP contribution in [0.5, 0.6) is 0 Å². The van der Waals surface area contributed by atoms with Crippen LogP contribution < -0.4 is 10.2 Å². The first-order chi connectivity index (χ1) is 8.49. The zero-order chi connectivity index (χ0) is 13.5. The summed E-state index contributed by atoms with van der Waals surface area (Å²) in [6.07, 6.45) is 0. The van der Waals surface area contributed by atoms with Gasteiger partial charge in [0.05, 0.1) is 0 Å². The molecule has 0 heterocycles. The van der Waals surface area contributed by atoms with E-state index in [0.717, 1.165) is 19.6 Å². The van der Waals surface area contributed by atoms with Gasteiger partial charge in [0.15, 0.2) is 0 Å². The summed E-state index contributed by atoms with van der Waals surface area (Å²) in [7, 11) is 2.16. The molecule has 0 aliphatic carbocycles. The summed E-state index contributed by atoms with van der Waals surface area (Å²) in [5, 5.41) is 3.47. The maximum Gasteiger partial charge on any atom is 0.0363 e. The molecule has 0 saturated heterocycles. The van der Waals surface area contributed by atoms with E-state index in [1.807, 2.05) is 0 Å². The zero-order valence-corrected chi connectivity index (χ0v) is 12.5. The molecule has 2 heteroatoms. The molecule has 0 aromatic heterocycles. The topological polar surface area (TPSA) is 15.3 Å². The van der Waals surface area contributed by atoms with Crippen molar-refractivity contribution in [1.29, 1.82) is 0 Å². The number of anilines is 1. The van der Waals surface area contributed by atoms with Crippen LogP contribution in [-0.2, 0) is 6.54 Å². The van der Waals surface area contributed by atoms with Gasteiger partial charge in [-0.3, -0.25) is 0 Å². The lowest BCUT2D eigenvalue weighted by Gasteiger charge is -2.21. The Labute approximate surface area is 112 Å². The second-order valence-corrected chi connectivity index (χ2v) is 5.97. The third-order valence-corrected chi connectivity index (χ3v) is 2.90. The Hall–Kier alpha value is -1.02. The third kappa shape index (κ3) is 5.54. The van der Waals surface area contributed by atoms with Gasteiger partial charge >= 0.3 is 0 Å². The van der Waals surface area contributed by atoms with Crippen LogP contribution in [0.1, 0.15) is 33.3 Å². The molecule has 0 aliphatic heterocycles. The fourth-order valence-corrected chi connectivity index (χ4v) is 2.03. The number of nitrogens with zero attached hydrogens (tertiary/aromatic N) is 1. The molecule has 1 aromatic rings. The molecular weight excluding hydrogens is 220 g/mol. The lowest BCUT2D eigenvalue weighted by Crippen LogP contribution is -2.22. The second kappa shape index (κ2) is 7.42. The summed E-state index contributed by atoms with van der Waals surface area (Å²) in [5.74, 6) is 1.41. The number of hydrogen-bond acceptors (Lipinski definition) is 2. The fraction of sp³-hybridized carbons (Fsp3) is 0.625. The third-order valence-electron chi connectivity index (χ3n) is 2.90. The molecule has 102 valence electrons. The van der Waals surface area contributed by atoms with E-state index in [0.29, 0.717) is 11.8 Å². The normalized spacial score (nSPS) is 11.3. The van der Waals surface area contributed by atoms with Crippen molar-refractivity contribution in [3.05, 3.63) is 29.8 Å². The van der Waals surface area contributed by atoms with Crippen LogP contribution in [-0.4, -0.2) is 20.1 Å². The van der Waals surface area contributed by atoms with E-state index in [4.69, 9.17) is 0 Å². The highest BCUT2D eigenvalue weighted by Crippen LogP contribution is 2.15. The standard InChI is InChI=1S/C16H28N2/c1-13(2)10-17-11-15-6-8-16(9-7-15)18(5)12-14(3)4/h6-9,13-14,17H,10-12H2,1-5H3. The summed E-state index contributed by atoms with van der Waals surface area (Å²) < 4.78 is 0. The summed E-state index contributed by atoms with van der Waals surface area (Å²) in [6, 6.07) is 8.88. The van der Waals surface area contributed by atoms with E-state index in [9.17, 15) is 0 Å². The van der Waals surface area contributed by atoms with E-state index in [1.54, 1.807) is 0 Å². The molecular formula is C16H28N2. The van der Waals surface area contributed by atoms with Crippen LogP contribution in [0.4, 0.5) is 5.69 Å². The molecule has 1 N–H and O–H groups in total. The Balaban J connectivity index is 2.46. The van der Waals surface area contributed by atoms with Crippen molar-refractivity contribution in [2.45, 2.75) is 34.2 Å². The highest BCUT2D eigenvalue weighted by atomic mass is 15.1. The molecule has 0 aliphatic rings. The molecule has 0 spiro atoms. The highest BCUT2D eigenvalue weighted by molar-refractivity contribution is 5.46. The molecule has 0 atom stereocenters.